The minimum Gasteiger partial charge on any atom is -0.381 e. The molecule has 0 aromatic heterocycles. The number of ether oxygens (including phenoxy) is 1. The first kappa shape index (κ1) is 13.4. The van der Waals surface area contributed by atoms with E-state index in [0.29, 0.717) is 11.5 Å². The van der Waals surface area contributed by atoms with Crippen LogP contribution in [0.4, 0.5) is 8.78 Å². The van der Waals surface area contributed by atoms with Gasteiger partial charge < -0.3 is 10.1 Å². The van der Waals surface area contributed by atoms with E-state index in [1.54, 1.807) is 0 Å². The number of hydrogen-bond donors (Lipinski definition) is 1. The summed E-state index contributed by atoms with van der Waals surface area (Å²) in [5.74, 6) is -0.475. The third kappa shape index (κ3) is 3.50. The van der Waals surface area contributed by atoms with Gasteiger partial charge in [0.15, 0.2) is 0 Å². The van der Waals surface area contributed by atoms with Gasteiger partial charge >= 0.3 is 0 Å². The average molecular weight is 255 g/mol. The minimum atomic E-state index is -0.516. The van der Waals surface area contributed by atoms with Crippen molar-refractivity contribution in [3.8, 4) is 0 Å². The zero-order chi connectivity index (χ0) is 13.0. The number of hydrogen-bond acceptors (Lipinski definition) is 2. The van der Waals surface area contributed by atoms with Gasteiger partial charge in [-0.2, -0.15) is 0 Å². The Morgan fingerprint density at radius 3 is 2.39 bits per heavy atom. The standard InChI is InChI=1S/C14H19F2NO/c1-17-14(6-10-2-4-18-5-3-10)11-7-12(15)9-13(16)8-11/h7-10,14,17H,2-6H2,1H3. The first-order valence-electron chi connectivity index (χ1n) is 6.40. The van der Waals surface area contributed by atoms with E-state index in [9.17, 15) is 8.78 Å². The van der Waals surface area contributed by atoms with E-state index in [1.165, 1.54) is 12.1 Å². The van der Waals surface area contributed by atoms with Crippen LogP contribution in [0, 0.1) is 17.6 Å². The largest absolute Gasteiger partial charge is 0.381 e. The molecule has 2 nitrogen and oxygen atoms in total. The van der Waals surface area contributed by atoms with E-state index in [0.717, 1.165) is 38.5 Å². The fourth-order valence-corrected chi connectivity index (χ4v) is 2.51. The maximum absolute atomic E-state index is 13.2. The van der Waals surface area contributed by atoms with Gasteiger partial charge in [-0.05, 0) is 49.9 Å². The Morgan fingerprint density at radius 1 is 1.22 bits per heavy atom. The molecule has 1 atom stereocenters. The topological polar surface area (TPSA) is 21.3 Å². The SMILES string of the molecule is CNC(CC1CCOCC1)c1cc(F)cc(F)c1. The Hall–Kier alpha value is -1.00. The van der Waals surface area contributed by atoms with Crippen LogP contribution in [0.1, 0.15) is 30.9 Å². The van der Waals surface area contributed by atoms with Gasteiger partial charge in [-0.15, -0.1) is 0 Å². The molecule has 1 aromatic carbocycles. The van der Waals surface area contributed by atoms with Crippen LogP contribution in [0.25, 0.3) is 0 Å². The van der Waals surface area contributed by atoms with Crippen molar-refractivity contribution in [1.29, 1.82) is 0 Å². The van der Waals surface area contributed by atoms with E-state index < -0.39 is 11.6 Å². The maximum Gasteiger partial charge on any atom is 0.126 e. The highest BCUT2D eigenvalue weighted by Gasteiger charge is 2.20. The van der Waals surface area contributed by atoms with Crippen LogP contribution < -0.4 is 5.32 Å². The summed E-state index contributed by atoms with van der Waals surface area (Å²) in [6.45, 7) is 1.58. The molecule has 1 saturated heterocycles. The molecule has 1 aliphatic rings. The molecule has 0 saturated carbocycles. The first-order valence-corrected chi connectivity index (χ1v) is 6.40. The monoisotopic (exact) mass is 255 g/mol. The molecular weight excluding hydrogens is 236 g/mol. The van der Waals surface area contributed by atoms with E-state index in [-0.39, 0.29) is 6.04 Å². The van der Waals surface area contributed by atoms with Crippen LogP contribution in [-0.2, 0) is 4.74 Å². The molecule has 0 aliphatic carbocycles. The predicted octanol–water partition coefficient (Wildman–Crippen LogP) is 3.04. The van der Waals surface area contributed by atoms with Crippen molar-refractivity contribution in [2.75, 3.05) is 20.3 Å². The zero-order valence-electron chi connectivity index (χ0n) is 10.6. The van der Waals surface area contributed by atoms with Crippen molar-refractivity contribution < 1.29 is 13.5 Å². The first-order chi connectivity index (χ1) is 8.69. The summed E-state index contributed by atoms with van der Waals surface area (Å²) >= 11 is 0. The molecule has 0 radical (unpaired) electrons. The van der Waals surface area contributed by atoms with Gasteiger partial charge in [0, 0.05) is 25.3 Å². The summed E-state index contributed by atoms with van der Waals surface area (Å²) in [5, 5.41) is 3.15. The summed E-state index contributed by atoms with van der Waals surface area (Å²) in [5.41, 5.74) is 0.682. The molecular formula is C14H19F2NO. The Labute approximate surface area is 106 Å². The average Bonchev–Trinajstić information content (AvgIpc) is 2.36. The highest BCUT2D eigenvalue weighted by atomic mass is 19.1. The summed E-state index contributed by atoms with van der Waals surface area (Å²) < 4.78 is 31.7. The van der Waals surface area contributed by atoms with Crippen LogP contribution >= 0.6 is 0 Å². The van der Waals surface area contributed by atoms with E-state index >= 15 is 0 Å². The third-order valence-corrected chi connectivity index (χ3v) is 3.55. The van der Waals surface area contributed by atoms with Crippen LogP contribution in [0.3, 0.4) is 0 Å². The van der Waals surface area contributed by atoms with Crippen molar-refractivity contribution >= 4 is 0 Å². The van der Waals surface area contributed by atoms with E-state index in [2.05, 4.69) is 5.32 Å². The summed E-state index contributed by atoms with van der Waals surface area (Å²) in [7, 11) is 1.83. The van der Waals surface area contributed by atoms with Crippen molar-refractivity contribution in [2.45, 2.75) is 25.3 Å². The van der Waals surface area contributed by atoms with Gasteiger partial charge in [0.1, 0.15) is 11.6 Å². The van der Waals surface area contributed by atoms with Crippen LogP contribution in [0.2, 0.25) is 0 Å². The molecule has 18 heavy (non-hydrogen) atoms. The molecule has 1 fully saturated rings. The summed E-state index contributed by atoms with van der Waals surface area (Å²) in [4.78, 5) is 0. The highest BCUT2D eigenvalue weighted by Crippen LogP contribution is 2.28. The lowest BCUT2D eigenvalue weighted by Crippen LogP contribution is -2.24. The summed E-state index contributed by atoms with van der Waals surface area (Å²) in [6, 6.07) is 3.72. The van der Waals surface area contributed by atoms with Crippen LogP contribution in [0.5, 0.6) is 0 Å². The number of benzene rings is 1. The molecule has 100 valence electrons. The number of halogens is 2. The van der Waals surface area contributed by atoms with Gasteiger partial charge in [0.2, 0.25) is 0 Å². The molecule has 1 heterocycles. The second-order valence-electron chi connectivity index (χ2n) is 4.84. The fraction of sp³-hybridized carbons (Fsp3) is 0.571. The molecule has 1 unspecified atom stereocenters. The van der Waals surface area contributed by atoms with E-state index in [1.807, 2.05) is 7.05 Å². The lowest BCUT2D eigenvalue weighted by molar-refractivity contribution is 0.0607. The molecule has 0 amide bonds. The minimum absolute atomic E-state index is 0.00157. The van der Waals surface area contributed by atoms with Gasteiger partial charge in [0.05, 0.1) is 0 Å². The molecule has 1 aromatic rings. The Balaban J connectivity index is 2.06. The van der Waals surface area contributed by atoms with Crippen molar-refractivity contribution in [2.24, 2.45) is 5.92 Å². The van der Waals surface area contributed by atoms with Gasteiger partial charge in [-0.3, -0.25) is 0 Å². The molecule has 2 rings (SSSR count). The molecule has 0 spiro atoms. The second-order valence-corrected chi connectivity index (χ2v) is 4.84. The predicted molar refractivity (Wildman–Crippen MR) is 66.3 cm³/mol. The van der Waals surface area contributed by atoms with Gasteiger partial charge in [0.25, 0.3) is 0 Å². The number of rotatable bonds is 4. The fourth-order valence-electron chi connectivity index (χ4n) is 2.51. The van der Waals surface area contributed by atoms with Gasteiger partial charge in [-0.1, -0.05) is 0 Å². The third-order valence-electron chi connectivity index (χ3n) is 3.55. The lowest BCUT2D eigenvalue weighted by Gasteiger charge is -2.26. The zero-order valence-corrected chi connectivity index (χ0v) is 10.6. The Bertz CT molecular complexity index is 371. The van der Waals surface area contributed by atoms with Crippen molar-refractivity contribution in [3.05, 3.63) is 35.4 Å². The van der Waals surface area contributed by atoms with Crippen LogP contribution in [-0.4, -0.2) is 20.3 Å². The van der Waals surface area contributed by atoms with Gasteiger partial charge in [-0.25, -0.2) is 8.78 Å². The molecule has 1 aliphatic heterocycles. The van der Waals surface area contributed by atoms with Crippen molar-refractivity contribution in [1.82, 2.24) is 5.32 Å². The maximum atomic E-state index is 13.2. The van der Waals surface area contributed by atoms with Crippen LogP contribution in [0.15, 0.2) is 18.2 Å². The smallest absolute Gasteiger partial charge is 0.126 e. The Kier molecular flexibility index (Phi) is 4.66. The van der Waals surface area contributed by atoms with E-state index in [4.69, 9.17) is 4.74 Å². The Morgan fingerprint density at radius 2 is 1.83 bits per heavy atom. The van der Waals surface area contributed by atoms with Crippen molar-refractivity contribution in [3.63, 3.8) is 0 Å². The second kappa shape index (κ2) is 6.25. The number of nitrogens with one attached hydrogen (secondary N) is 1. The lowest BCUT2D eigenvalue weighted by atomic mass is 9.89. The molecule has 1 N–H and O–H groups in total. The molecule has 0 bridgehead atoms. The summed E-state index contributed by atoms with van der Waals surface area (Å²) in [6.07, 6.45) is 2.94. The quantitative estimate of drug-likeness (QED) is 0.893. The molecule has 4 heteroatoms. The highest BCUT2D eigenvalue weighted by molar-refractivity contribution is 5.21. The normalized spacial score (nSPS) is 18.8.